The average molecular weight is 326 g/mol. The van der Waals surface area contributed by atoms with Crippen LogP contribution in [0.3, 0.4) is 0 Å². The molecule has 2 rings (SSSR count). The van der Waals surface area contributed by atoms with E-state index in [0.717, 1.165) is 27.0 Å². The zero-order chi connectivity index (χ0) is 15.6. The Balaban J connectivity index is 2.47. The van der Waals surface area contributed by atoms with Gasteiger partial charge in [-0.25, -0.2) is 0 Å². The molecule has 1 heterocycles. The van der Waals surface area contributed by atoms with Gasteiger partial charge in [0, 0.05) is 16.8 Å². The fourth-order valence-corrected chi connectivity index (χ4v) is 2.83. The molecule has 0 aliphatic heterocycles. The molecule has 1 aromatic heterocycles. The summed E-state index contributed by atoms with van der Waals surface area (Å²) in [7, 11) is 0. The fourth-order valence-electron chi connectivity index (χ4n) is 2.38. The van der Waals surface area contributed by atoms with E-state index in [2.05, 4.69) is 18.4 Å². The van der Waals surface area contributed by atoms with Crippen LogP contribution in [0.4, 0.5) is 0 Å². The maximum absolute atomic E-state index is 6.47. The summed E-state index contributed by atoms with van der Waals surface area (Å²) in [4.78, 5) is 0. The maximum Gasteiger partial charge on any atom is 0.0872 e. The molecule has 0 saturated heterocycles. The first-order chi connectivity index (χ1) is 9.90. The Labute approximate surface area is 136 Å². The summed E-state index contributed by atoms with van der Waals surface area (Å²) in [5.41, 5.74) is 3.17. The lowest BCUT2D eigenvalue weighted by atomic mass is 10.1. The van der Waals surface area contributed by atoms with Crippen LogP contribution < -0.4 is 0 Å². The number of hydrogen-bond acceptors (Lipinski definition) is 1. The Bertz CT molecular complexity index is 600. The van der Waals surface area contributed by atoms with Crippen molar-refractivity contribution in [3.63, 3.8) is 0 Å². The molecule has 0 spiro atoms. The predicted molar refractivity (Wildman–Crippen MR) is 90.2 cm³/mol. The highest BCUT2D eigenvalue weighted by Gasteiger charge is 2.18. The van der Waals surface area contributed by atoms with E-state index in [1.165, 1.54) is 0 Å². The van der Waals surface area contributed by atoms with E-state index in [0.29, 0.717) is 12.6 Å². The molecule has 0 aliphatic rings. The second-order valence-corrected chi connectivity index (χ2v) is 6.51. The molecule has 21 heavy (non-hydrogen) atoms. The van der Waals surface area contributed by atoms with Gasteiger partial charge in [0.15, 0.2) is 0 Å². The molecule has 0 amide bonds. The SMILES string of the molecule is CC(C)OCc1cc(Cl)c(-c2ccc(Cl)cc2)n1C(C)C. The van der Waals surface area contributed by atoms with Gasteiger partial charge < -0.3 is 9.30 Å². The van der Waals surface area contributed by atoms with Gasteiger partial charge in [0.05, 0.1) is 23.4 Å². The predicted octanol–water partition coefficient (Wildman–Crippen LogP) is 5.97. The molecule has 0 unspecified atom stereocenters. The lowest BCUT2D eigenvalue weighted by molar-refractivity contribution is 0.0613. The molecule has 0 atom stereocenters. The molecule has 4 heteroatoms. The van der Waals surface area contributed by atoms with Crippen molar-refractivity contribution in [1.82, 2.24) is 4.57 Å². The third-order valence-electron chi connectivity index (χ3n) is 3.27. The first-order valence-corrected chi connectivity index (χ1v) is 7.93. The van der Waals surface area contributed by atoms with E-state index in [1.54, 1.807) is 0 Å². The van der Waals surface area contributed by atoms with Gasteiger partial charge in [0.1, 0.15) is 0 Å². The number of rotatable bonds is 5. The third-order valence-corrected chi connectivity index (χ3v) is 3.81. The summed E-state index contributed by atoms with van der Waals surface area (Å²) < 4.78 is 7.97. The van der Waals surface area contributed by atoms with Gasteiger partial charge in [-0.1, -0.05) is 35.3 Å². The molecule has 0 radical (unpaired) electrons. The van der Waals surface area contributed by atoms with Gasteiger partial charge in [-0.3, -0.25) is 0 Å². The minimum atomic E-state index is 0.193. The Morgan fingerprint density at radius 1 is 1.05 bits per heavy atom. The summed E-state index contributed by atoms with van der Waals surface area (Å²) in [5.74, 6) is 0. The topological polar surface area (TPSA) is 14.2 Å². The zero-order valence-corrected chi connectivity index (χ0v) is 14.4. The van der Waals surface area contributed by atoms with Gasteiger partial charge in [-0.05, 0) is 51.5 Å². The monoisotopic (exact) mass is 325 g/mol. The molecule has 114 valence electrons. The highest BCUT2D eigenvalue weighted by atomic mass is 35.5. The second kappa shape index (κ2) is 6.87. The zero-order valence-electron chi connectivity index (χ0n) is 12.9. The molecule has 1 aromatic carbocycles. The van der Waals surface area contributed by atoms with Gasteiger partial charge in [0.25, 0.3) is 0 Å². The highest BCUT2D eigenvalue weighted by Crippen LogP contribution is 2.35. The second-order valence-electron chi connectivity index (χ2n) is 5.66. The number of benzene rings is 1. The first-order valence-electron chi connectivity index (χ1n) is 7.17. The molecule has 0 fully saturated rings. The van der Waals surface area contributed by atoms with E-state index in [1.807, 2.05) is 44.2 Å². The normalized spacial score (nSPS) is 11.6. The molecule has 0 saturated carbocycles. The number of nitrogens with zero attached hydrogens (tertiary/aromatic N) is 1. The lowest BCUT2D eigenvalue weighted by Crippen LogP contribution is -2.10. The van der Waals surface area contributed by atoms with Crippen LogP contribution in [0.25, 0.3) is 11.3 Å². The van der Waals surface area contributed by atoms with E-state index in [9.17, 15) is 0 Å². The van der Waals surface area contributed by atoms with Crippen molar-refractivity contribution < 1.29 is 4.74 Å². The summed E-state index contributed by atoms with van der Waals surface area (Å²) in [5, 5.41) is 1.47. The molecule has 2 aromatic rings. The van der Waals surface area contributed by atoms with E-state index in [-0.39, 0.29) is 6.10 Å². The quantitative estimate of drug-likeness (QED) is 0.660. The molecule has 0 N–H and O–H groups in total. The van der Waals surface area contributed by atoms with Crippen LogP contribution in [0, 0.1) is 0 Å². The van der Waals surface area contributed by atoms with Gasteiger partial charge in [-0.15, -0.1) is 0 Å². The van der Waals surface area contributed by atoms with E-state index in [4.69, 9.17) is 27.9 Å². The number of halogens is 2. The van der Waals surface area contributed by atoms with Crippen molar-refractivity contribution >= 4 is 23.2 Å². The summed E-state index contributed by atoms with van der Waals surface area (Å²) in [6.07, 6.45) is 0.193. The summed E-state index contributed by atoms with van der Waals surface area (Å²) >= 11 is 12.4. The Kier molecular flexibility index (Phi) is 5.37. The first kappa shape index (κ1) is 16.4. The van der Waals surface area contributed by atoms with Crippen molar-refractivity contribution in [2.75, 3.05) is 0 Å². The molecule has 0 bridgehead atoms. The standard InChI is InChI=1S/C17H21Cl2NO/c1-11(2)20-15(10-21-12(3)4)9-16(19)17(20)13-5-7-14(18)8-6-13/h5-9,11-12H,10H2,1-4H3. The van der Waals surface area contributed by atoms with Crippen LogP contribution in [-0.2, 0) is 11.3 Å². The van der Waals surface area contributed by atoms with Gasteiger partial charge in [-0.2, -0.15) is 0 Å². The largest absolute Gasteiger partial charge is 0.373 e. The Morgan fingerprint density at radius 3 is 2.19 bits per heavy atom. The highest BCUT2D eigenvalue weighted by molar-refractivity contribution is 6.33. The van der Waals surface area contributed by atoms with Crippen molar-refractivity contribution in [1.29, 1.82) is 0 Å². The molecule has 2 nitrogen and oxygen atoms in total. The van der Waals surface area contributed by atoms with Crippen molar-refractivity contribution in [3.8, 4) is 11.3 Å². The number of aromatic nitrogens is 1. The van der Waals surface area contributed by atoms with Crippen molar-refractivity contribution in [2.45, 2.75) is 46.4 Å². The molecule has 0 aliphatic carbocycles. The van der Waals surface area contributed by atoms with Crippen LogP contribution in [0.5, 0.6) is 0 Å². The smallest absolute Gasteiger partial charge is 0.0872 e. The summed E-state index contributed by atoms with van der Waals surface area (Å²) in [6.45, 7) is 8.92. The maximum atomic E-state index is 6.47. The van der Waals surface area contributed by atoms with Crippen LogP contribution in [-0.4, -0.2) is 10.7 Å². The third kappa shape index (κ3) is 3.82. The van der Waals surface area contributed by atoms with Crippen LogP contribution >= 0.6 is 23.2 Å². The number of ether oxygens (including phenoxy) is 1. The Hall–Kier alpha value is -0.960. The number of hydrogen-bond donors (Lipinski definition) is 0. The molecular weight excluding hydrogens is 305 g/mol. The van der Waals surface area contributed by atoms with Crippen LogP contribution in [0.15, 0.2) is 30.3 Å². The molecular formula is C17H21Cl2NO. The van der Waals surface area contributed by atoms with Crippen molar-refractivity contribution in [3.05, 3.63) is 46.1 Å². The minimum Gasteiger partial charge on any atom is -0.373 e. The fraction of sp³-hybridized carbons (Fsp3) is 0.412. The Morgan fingerprint density at radius 2 is 1.67 bits per heavy atom. The van der Waals surface area contributed by atoms with Crippen molar-refractivity contribution in [2.24, 2.45) is 0 Å². The van der Waals surface area contributed by atoms with E-state index < -0.39 is 0 Å². The lowest BCUT2D eigenvalue weighted by Gasteiger charge is -2.18. The minimum absolute atomic E-state index is 0.193. The van der Waals surface area contributed by atoms with E-state index >= 15 is 0 Å². The summed E-state index contributed by atoms with van der Waals surface area (Å²) in [6, 6.07) is 10.1. The van der Waals surface area contributed by atoms with Gasteiger partial charge in [0.2, 0.25) is 0 Å². The van der Waals surface area contributed by atoms with Gasteiger partial charge >= 0.3 is 0 Å². The van der Waals surface area contributed by atoms with Crippen LogP contribution in [0.1, 0.15) is 39.4 Å². The average Bonchev–Trinajstić information content (AvgIpc) is 2.74. The van der Waals surface area contributed by atoms with Crippen LogP contribution in [0.2, 0.25) is 10.0 Å².